The lowest BCUT2D eigenvalue weighted by atomic mass is 9.89. The van der Waals surface area contributed by atoms with Gasteiger partial charge in [0, 0.05) is 5.02 Å². The van der Waals surface area contributed by atoms with E-state index < -0.39 is 41.6 Å². The van der Waals surface area contributed by atoms with Crippen molar-refractivity contribution in [1.29, 1.82) is 0 Å². The second kappa shape index (κ2) is 7.90. The molecular weight excluding hydrogens is 457 g/mol. The number of nitrogens with zero attached hydrogens (tertiary/aromatic N) is 2. The Morgan fingerprint density at radius 2 is 1.52 bits per heavy atom. The molecule has 0 N–H and O–H groups in total. The molecule has 168 valence electrons. The lowest BCUT2D eigenvalue weighted by molar-refractivity contribution is -0.137. The van der Waals surface area contributed by atoms with Crippen LogP contribution in [0.4, 0.5) is 24.5 Å². The number of anilines is 2. The molecule has 3 aromatic rings. The molecule has 2 fully saturated rings. The van der Waals surface area contributed by atoms with E-state index in [1.807, 2.05) is 0 Å². The second-order valence-corrected chi connectivity index (χ2v) is 8.21. The van der Waals surface area contributed by atoms with Crippen molar-refractivity contribution in [3.05, 3.63) is 95.0 Å². The molecule has 2 aliphatic heterocycles. The molecule has 0 bridgehead atoms. The number of alkyl halides is 3. The monoisotopic (exact) mass is 472 g/mol. The molecule has 0 aliphatic carbocycles. The number of carbonyl (C=O) groups is 2. The van der Waals surface area contributed by atoms with Crippen molar-refractivity contribution in [1.82, 2.24) is 0 Å². The normalized spacial score (nSPS) is 22.7. The summed E-state index contributed by atoms with van der Waals surface area (Å²) in [5.41, 5.74) is 0.220. The Morgan fingerprint density at radius 3 is 2.18 bits per heavy atom. The highest BCUT2D eigenvalue weighted by Gasteiger charge is 2.60. The molecule has 0 unspecified atom stereocenters. The molecule has 0 spiro atoms. The summed E-state index contributed by atoms with van der Waals surface area (Å²) in [6.45, 7) is 0. The molecule has 2 heterocycles. The van der Waals surface area contributed by atoms with Crippen LogP contribution >= 0.6 is 11.6 Å². The second-order valence-electron chi connectivity index (χ2n) is 7.77. The van der Waals surface area contributed by atoms with E-state index in [1.54, 1.807) is 42.5 Å². The summed E-state index contributed by atoms with van der Waals surface area (Å²) in [5, 5.41) is 1.80. The van der Waals surface area contributed by atoms with E-state index in [1.165, 1.54) is 29.3 Å². The summed E-state index contributed by atoms with van der Waals surface area (Å²) >= 11 is 5.92. The third-order valence-electron chi connectivity index (χ3n) is 5.77. The van der Waals surface area contributed by atoms with Crippen LogP contribution in [-0.2, 0) is 20.6 Å². The zero-order chi connectivity index (χ0) is 23.3. The summed E-state index contributed by atoms with van der Waals surface area (Å²) < 4.78 is 40.2. The Labute approximate surface area is 191 Å². The van der Waals surface area contributed by atoms with E-state index in [4.69, 9.17) is 16.4 Å². The first-order chi connectivity index (χ1) is 15.8. The maximum absolute atomic E-state index is 13.5. The Kier molecular flexibility index (Phi) is 5.14. The van der Waals surface area contributed by atoms with Crippen LogP contribution in [0.5, 0.6) is 0 Å². The van der Waals surface area contributed by atoms with E-state index in [9.17, 15) is 22.8 Å². The highest BCUT2D eigenvalue weighted by atomic mass is 35.5. The molecule has 0 saturated carbocycles. The minimum atomic E-state index is -4.56. The van der Waals surface area contributed by atoms with Crippen molar-refractivity contribution < 1.29 is 27.6 Å². The van der Waals surface area contributed by atoms with Crippen molar-refractivity contribution in [3.8, 4) is 0 Å². The van der Waals surface area contributed by atoms with Gasteiger partial charge in [-0.25, -0.2) is 9.96 Å². The Balaban J connectivity index is 1.60. The SMILES string of the molecule is O=C1[C@@H]2[C@H](ON(c3ccccc3)[C@H]2c2cccc(C(F)(F)F)c2)C(=O)N1c1ccc(Cl)cc1. The predicted octanol–water partition coefficient (Wildman–Crippen LogP) is 5.41. The maximum Gasteiger partial charge on any atom is 0.416 e. The van der Waals surface area contributed by atoms with Crippen molar-refractivity contribution in [3.63, 3.8) is 0 Å². The van der Waals surface area contributed by atoms with Gasteiger partial charge >= 0.3 is 6.18 Å². The van der Waals surface area contributed by atoms with Crippen LogP contribution in [0.3, 0.4) is 0 Å². The number of halogens is 4. The van der Waals surface area contributed by atoms with Crippen LogP contribution in [0.15, 0.2) is 78.9 Å². The molecule has 5 rings (SSSR count). The standard InChI is InChI=1S/C24H16ClF3N2O3/c25-16-9-11-17(12-10-16)29-22(31)19-20(14-5-4-6-15(13-14)24(26,27)28)30(33-21(19)23(29)32)18-7-2-1-3-8-18/h1-13,19-21H/t19-,20-,21-/m0/s1. The Morgan fingerprint density at radius 1 is 0.818 bits per heavy atom. The molecule has 9 heteroatoms. The molecule has 5 nitrogen and oxygen atoms in total. The van der Waals surface area contributed by atoms with Crippen LogP contribution in [0.25, 0.3) is 0 Å². The number of rotatable bonds is 3. The fourth-order valence-corrected chi connectivity index (χ4v) is 4.42. The number of carbonyl (C=O) groups excluding carboxylic acids is 2. The maximum atomic E-state index is 13.5. The zero-order valence-corrected chi connectivity index (χ0v) is 17.6. The van der Waals surface area contributed by atoms with Crippen LogP contribution in [0.2, 0.25) is 5.02 Å². The average molecular weight is 473 g/mol. The van der Waals surface area contributed by atoms with E-state index in [-0.39, 0.29) is 5.56 Å². The van der Waals surface area contributed by atoms with Crippen LogP contribution < -0.4 is 9.96 Å². The molecular formula is C24H16ClF3N2O3. The number of fused-ring (bicyclic) bond motifs is 1. The molecule has 2 aliphatic rings. The lowest BCUT2D eigenvalue weighted by Crippen LogP contribution is -2.37. The van der Waals surface area contributed by atoms with Gasteiger partial charge in [-0.15, -0.1) is 0 Å². The number of hydrogen-bond donors (Lipinski definition) is 0. The Bertz CT molecular complexity index is 1220. The van der Waals surface area contributed by atoms with Gasteiger partial charge in [0.15, 0.2) is 6.10 Å². The van der Waals surface area contributed by atoms with Crippen molar-refractivity contribution in [2.75, 3.05) is 9.96 Å². The molecule has 2 amide bonds. The number of imide groups is 1. The summed E-state index contributed by atoms with van der Waals surface area (Å²) in [6, 6.07) is 18.6. The molecule has 33 heavy (non-hydrogen) atoms. The fourth-order valence-electron chi connectivity index (χ4n) is 4.30. The van der Waals surface area contributed by atoms with Gasteiger partial charge in [-0.05, 0) is 54.1 Å². The molecule has 3 atom stereocenters. The quantitative estimate of drug-likeness (QED) is 0.478. The number of hydrogen-bond acceptors (Lipinski definition) is 4. The first-order valence-corrected chi connectivity index (χ1v) is 10.4. The molecule has 0 radical (unpaired) electrons. The molecule has 0 aromatic heterocycles. The van der Waals surface area contributed by atoms with Gasteiger partial charge in [0.1, 0.15) is 5.92 Å². The van der Waals surface area contributed by atoms with Crippen LogP contribution in [-0.4, -0.2) is 17.9 Å². The molecule has 3 aromatic carbocycles. The third kappa shape index (κ3) is 3.65. The number of benzene rings is 3. The van der Waals surface area contributed by atoms with Gasteiger partial charge in [-0.2, -0.15) is 13.2 Å². The van der Waals surface area contributed by atoms with Gasteiger partial charge in [-0.3, -0.25) is 14.4 Å². The van der Waals surface area contributed by atoms with Gasteiger partial charge in [0.25, 0.3) is 5.91 Å². The summed E-state index contributed by atoms with van der Waals surface area (Å²) in [7, 11) is 0. The zero-order valence-electron chi connectivity index (χ0n) is 16.9. The predicted molar refractivity (Wildman–Crippen MR) is 115 cm³/mol. The average Bonchev–Trinajstić information content (AvgIpc) is 3.31. The number of hydroxylamine groups is 1. The minimum absolute atomic E-state index is 0.222. The summed E-state index contributed by atoms with van der Waals surface area (Å²) in [5.74, 6) is -2.16. The third-order valence-corrected chi connectivity index (χ3v) is 6.02. The number of para-hydroxylation sites is 1. The topological polar surface area (TPSA) is 49.9 Å². The van der Waals surface area contributed by atoms with Gasteiger partial charge in [0.2, 0.25) is 5.91 Å². The lowest BCUT2D eigenvalue weighted by Gasteiger charge is -2.29. The van der Waals surface area contributed by atoms with Gasteiger partial charge in [-0.1, -0.05) is 41.9 Å². The molecule has 2 saturated heterocycles. The van der Waals surface area contributed by atoms with Gasteiger partial charge in [0.05, 0.1) is 23.0 Å². The first kappa shape index (κ1) is 21.5. The first-order valence-electron chi connectivity index (χ1n) is 10.1. The largest absolute Gasteiger partial charge is 0.416 e. The van der Waals surface area contributed by atoms with E-state index >= 15 is 0 Å². The summed E-state index contributed by atoms with van der Waals surface area (Å²) in [4.78, 5) is 33.6. The van der Waals surface area contributed by atoms with E-state index in [0.29, 0.717) is 16.4 Å². The number of amides is 2. The highest BCUT2D eigenvalue weighted by Crippen LogP contribution is 2.48. The van der Waals surface area contributed by atoms with Crippen molar-refractivity contribution in [2.24, 2.45) is 5.92 Å². The smallest absolute Gasteiger partial charge is 0.273 e. The van der Waals surface area contributed by atoms with Crippen molar-refractivity contribution >= 4 is 34.8 Å². The minimum Gasteiger partial charge on any atom is -0.273 e. The van der Waals surface area contributed by atoms with E-state index in [0.717, 1.165) is 17.0 Å². The van der Waals surface area contributed by atoms with Crippen LogP contribution in [0.1, 0.15) is 17.2 Å². The fraction of sp³-hybridized carbons (Fsp3) is 0.167. The highest BCUT2D eigenvalue weighted by molar-refractivity contribution is 6.31. The van der Waals surface area contributed by atoms with E-state index in [2.05, 4.69) is 0 Å². The van der Waals surface area contributed by atoms with Crippen molar-refractivity contribution in [2.45, 2.75) is 18.3 Å². The van der Waals surface area contributed by atoms with Gasteiger partial charge < -0.3 is 0 Å². The van der Waals surface area contributed by atoms with Crippen LogP contribution in [0, 0.1) is 5.92 Å². The summed E-state index contributed by atoms with van der Waals surface area (Å²) in [6.07, 6.45) is -5.73. The Hall–Kier alpha value is -3.36.